The number of H-pyrrole nitrogens is 1. The highest BCUT2D eigenvalue weighted by atomic mass is 16.1. The van der Waals surface area contributed by atoms with Gasteiger partial charge in [0.05, 0.1) is 18.1 Å². The molecule has 1 aromatic carbocycles. The summed E-state index contributed by atoms with van der Waals surface area (Å²) in [6.07, 6.45) is 7.65. The van der Waals surface area contributed by atoms with Gasteiger partial charge < -0.3 is 10.3 Å². The highest BCUT2D eigenvalue weighted by Gasteiger charge is 2.29. The number of imidazole rings is 1. The Kier molecular flexibility index (Phi) is 3.45. The number of aromatic nitrogens is 2. The number of amides is 1. The molecule has 0 radical (unpaired) electrons. The number of benzene rings is 1. The molecule has 22 heavy (non-hydrogen) atoms. The molecule has 1 heterocycles. The van der Waals surface area contributed by atoms with Gasteiger partial charge in [-0.2, -0.15) is 0 Å². The molecule has 0 fully saturated rings. The van der Waals surface area contributed by atoms with Crippen molar-refractivity contribution in [1.29, 1.82) is 0 Å². The minimum atomic E-state index is 0.0713. The van der Waals surface area contributed by atoms with Gasteiger partial charge in [0, 0.05) is 18.0 Å². The third kappa shape index (κ3) is 2.43. The summed E-state index contributed by atoms with van der Waals surface area (Å²) in [5.74, 6) is 0.268. The number of carbonyl (C=O) groups is 1. The minimum absolute atomic E-state index is 0.0713. The molecule has 0 saturated heterocycles. The smallest absolute Gasteiger partial charge is 0.223 e. The molecule has 4 heteroatoms. The van der Waals surface area contributed by atoms with Crippen molar-refractivity contribution >= 4 is 5.91 Å². The molecule has 1 aromatic heterocycles. The zero-order valence-electron chi connectivity index (χ0n) is 12.6. The van der Waals surface area contributed by atoms with Crippen molar-refractivity contribution in [3.05, 3.63) is 53.1 Å². The molecule has 0 aliphatic heterocycles. The van der Waals surface area contributed by atoms with Gasteiger partial charge >= 0.3 is 0 Å². The van der Waals surface area contributed by atoms with E-state index in [1.165, 1.54) is 11.1 Å². The SMILES string of the molecule is O=C(N[C@@H]1CCCc2ccccc21)[C@H]1CCc2nc[nH]c2C1. The summed E-state index contributed by atoms with van der Waals surface area (Å²) in [6, 6.07) is 8.68. The first kappa shape index (κ1) is 13.6. The zero-order chi connectivity index (χ0) is 14.9. The summed E-state index contributed by atoms with van der Waals surface area (Å²) in [7, 11) is 0. The van der Waals surface area contributed by atoms with Crippen LogP contribution < -0.4 is 5.32 Å². The van der Waals surface area contributed by atoms with Crippen LogP contribution in [0.2, 0.25) is 0 Å². The number of rotatable bonds is 2. The summed E-state index contributed by atoms with van der Waals surface area (Å²) in [6.45, 7) is 0. The lowest BCUT2D eigenvalue weighted by molar-refractivity contribution is -0.126. The summed E-state index contributed by atoms with van der Waals surface area (Å²) in [5, 5.41) is 3.29. The van der Waals surface area contributed by atoms with Crippen LogP contribution >= 0.6 is 0 Å². The lowest BCUT2D eigenvalue weighted by Crippen LogP contribution is -2.37. The van der Waals surface area contributed by atoms with Crippen LogP contribution in [0.1, 0.15) is 47.8 Å². The molecule has 4 nitrogen and oxygen atoms in total. The summed E-state index contributed by atoms with van der Waals surface area (Å²) < 4.78 is 0. The largest absolute Gasteiger partial charge is 0.349 e. The fourth-order valence-corrected chi connectivity index (χ4v) is 3.82. The highest BCUT2D eigenvalue weighted by molar-refractivity contribution is 5.79. The zero-order valence-corrected chi connectivity index (χ0v) is 12.6. The first-order chi connectivity index (χ1) is 10.8. The quantitative estimate of drug-likeness (QED) is 0.895. The van der Waals surface area contributed by atoms with Gasteiger partial charge in [-0.05, 0) is 43.2 Å². The first-order valence-corrected chi connectivity index (χ1v) is 8.20. The van der Waals surface area contributed by atoms with Crippen LogP contribution in [0.15, 0.2) is 30.6 Å². The van der Waals surface area contributed by atoms with E-state index < -0.39 is 0 Å². The summed E-state index contributed by atoms with van der Waals surface area (Å²) >= 11 is 0. The molecule has 2 aromatic rings. The van der Waals surface area contributed by atoms with Crippen LogP contribution in [-0.2, 0) is 24.1 Å². The average Bonchev–Trinajstić information content (AvgIpc) is 3.02. The molecule has 2 aliphatic rings. The van der Waals surface area contributed by atoms with Crippen LogP contribution in [0.3, 0.4) is 0 Å². The summed E-state index contributed by atoms with van der Waals surface area (Å²) in [4.78, 5) is 20.1. The maximum absolute atomic E-state index is 12.7. The van der Waals surface area contributed by atoms with Gasteiger partial charge in [-0.25, -0.2) is 4.98 Å². The number of hydrogen-bond donors (Lipinski definition) is 2. The minimum Gasteiger partial charge on any atom is -0.349 e. The second-order valence-corrected chi connectivity index (χ2v) is 6.42. The monoisotopic (exact) mass is 295 g/mol. The predicted molar refractivity (Wildman–Crippen MR) is 84.4 cm³/mol. The lowest BCUT2D eigenvalue weighted by Gasteiger charge is -2.29. The molecule has 2 atom stereocenters. The number of aryl methyl sites for hydroxylation is 2. The fourth-order valence-electron chi connectivity index (χ4n) is 3.82. The van der Waals surface area contributed by atoms with Crippen molar-refractivity contribution in [1.82, 2.24) is 15.3 Å². The number of nitrogens with one attached hydrogen (secondary N) is 2. The highest BCUT2D eigenvalue weighted by Crippen LogP contribution is 2.30. The van der Waals surface area contributed by atoms with Gasteiger partial charge in [-0.1, -0.05) is 24.3 Å². The standard InChI is InChI=1S/C18H21N3O/c22-18(13-8-9-16-17(10-13)20-11-19-16)21-15-7-3-5-12-4-1-2-6-14(12)15/h1-2,4,6,11,13,15H,3,5,7-10H2,(H,19,20)(H,21,22)/t13-,15+/m0/s1. The van der Waals surface area contributed by atoms with Gasteiger partial charge in [0.2, 0.25) is 5.91 Å². The molecule has 0 bridgehead atoms. The summed E-state index contributed by atoms with van der Waals surface area (Å²) in [5.41, 5.74) is 4.96. The Morgan fingerprint density at radius 1 is 1.23 bits per heavy atom. The van der Waals surface area contributed by atoms with E-state index >= 15 is 0 Å². The second-order valence-electron chi connectivity index (χ2n) is 6.42. The number of aromatic amines is 1. The van der Waals surface area contributed by atoms with Crippen LogP contribution in [0.5, 0.6) is 0 Å². The van der Waals surface area contributed by atoms with E-state index in [1.807, 2.05) is 0 Å². The Hall–Kier alpha value is -2.10. The van der Waals surface area contributed by atoms with Gasteiger partial charge in [-0.15, -0.1) is 0 Å². The Labute approximate surface area is 130 Å². The molecule has 0 unspecified atom stereocenters. The topological polar surface area (TPSA) is 57.8 Å². The van der Waals surface area contributed by atoms with Gasteiger partial charge in [0.15, 0.2) is 0 Å². The van der Waals surface area contributed by atoms with E-state index in [0.717, 1.165) is 49.9 Å². The number of hydrogen-bond acceptors (Lipinski definition) is 2. The predicted octanol–water partition coefficient (Wildman–Crippen LogP) is 2.71. The van der Waals surface area contributed by atoms with Crippen molar-refractivity contribution in [3.63, 3.8) is 0 Å². The molecule has 114 valence electrons. The van der Waals surface area contributed by atoms with E-state index in [2.05, 4.69) is 39.6 Å². The maximum atomic E-state index is 12.7. The van der Waals surface area contributed by atoms with Crippen molar-refractivity contribution in [2.75, 3.05) is 0 Å². The molecule has 1 amide bonds. The molecule has 0 saturated carbocycles. The Morgan fingerprint density at radius 3 is 3.09 bits per heavy atom. The molecular formula is C18H21N3O. The van der Waals surface area contributed by atoms with Crippen LogP contribution in [0, 0.1) is 5.92 Å². The van der Waals surface area contributed by atoms with E-state index in [1.54, 1.807) is 6.33 Å². The van der Waals surface area contributed by atoms with E-state index in [-0.39, 0.29) is 17.9 Å². The number of carbonyl (C=O) groups excluding carboxylic acids is 1. The second kappa shape index (κ2) is 5.59. The normalized spacial score (nSPS) is 23.5. The molecule has 2 aliphatic carbocycles. The van der Waals surface area contributed by atoms with E-state index in [9.17, 15) is 4.79 Å². The van der Waals surface area contributed by atoms with Crippen LogP contribution in [-0.4, -0.2) is 15.9 Å². The van der Waals surface area contributed by atoms with E-state index in [0.29, 0.717) is 0 Å². The Balaban J connectivity index is 1.47. The Bertz CT molecular complexity index is 691. The number of nitrogens with zero attached hydrogens (tertiary/aromatic N) is 1. The van der Waals surface area contributed by atoms with Crippen LogP contribution in [0.25, 0.3) is 0 Å². The fraction of sp³-hybridized carbons (Fsp3) is 0.444. The average molecular weight is 295 g/mol. The first-order valence-electron chi connectivity index (χ1n) is 8.20. The maximum Gasteiger partial charge on any atom is 0.223 e. The van der Waals surface area contributed by atoms with Gasteiger partial charge in [-0.3, -0.25) is 4.79 Å². The molecular weight excluding hydrogens is 274 g/mol. The van der Waals surface area contributed by atoms with Crippen LogP contribution in [0.4, 0.5) is 0 Å². The molecule has 2 N–H and O–H groups in total. The van der Waals surface area contributed by atoms with Gasteiger partial charge in [0.1, 0.15) is 0 Å². The van der Waals surface area contributed by atoms with Gasteiger partial charge in [0.25, 0.3) is 0 Å². The van der Waals surface area contributed by atoms with Crippen molar-refractivity contribution < 1.29 is 4.79 Å². The third-order valence-corrected chi connectivity index (χ3v) is 5.04. The molecule has 0 spiro atoms. The van der Waals surface area contributed by atoms with Crippen molar-refractivity contribution in [2.45, 2.75) is 44.6 Å². The third-order valence-electron chi connectivity index (χ3n) is 5.04. The van der Waals surface area contributed by atoms with Crippen molar-refractivity contribution in [3.8, 4) is 0 Å². The molecule has 4 rings (SSSR count). The van der Waals surface area contributed by atoms with Crippen molar-refractivity contribution in [2.24, 2.45) is 5.92 Å². The Morgan fingerprint density at radius 2 is 2.14 bits per heavy atom. The number of fused-ring (bicyclic) bond motifs is 2. The lowest BCUT2D eigenvalue weighted by atomic mass is 9.85. The van der Waals surface area contributed by atoms with E-state index in [4.69, 9.17) is 0 Å².